The van der Waals surface area contributed by atoms with E-state index in [1.807, 2.05) is 0 Å². The zero-order chi connectivity index (χ0) is 23.9. The van der Waals surface area contributed by atoms with Crippen molar-refractivity contribution in [2.24, 2.45) is 0 Å². The summed E-state index contributed by atoms with van der Waals surface area (Å²) in [6.45, 7) is 26.6. The number of rotatable bonds is 2. The molecule has 2 unspecified atom stereocenters. The number of pyridine rings is 1. The number of aromatic nitrogens is 1. The van der Waals surface area contributed by atoms with E-state index in [1.54, 1.807) is 16.7 Å². The van der Waals surface area contributed by atoms with E-state index in [4.69, 9.17) is 0 Å². The monoisotopic (exact) mass is 432 g/mol. The van der Waals surface area contributed by atoms with Gasteiger partial charge in [0.05, 0.1) is 11.0 Å². The summed E-state index contributed by atoms with van der Waals surface area (Å²) in [4.78, 5) is 0. The number of hydrogen-bond donors (Lipinski definition) is 0. The lowest BCUT2D eigenvalue weighted by molar-refractivity contribution is -0.765. The second-order valence-electron chi connectivity index (χ2n) is 13.4. The SMILES string of the molecule is CCC1(C)c2cc3c(cc2-c2ccc(C(C)(C)C)c[n+]2C1(C)CC)C(C)(C)CCC3(C)C. The zero-order valence-corrected chi connectivity index (χ0v) is 22.7. The first-order valence-electron chi connectivity index (χ1n) is 12.9. The lowest BCUT2D eigenvalue weighted by Gasteiger charge is -2.49. The standard InChI is InChI=1S/C31H46N/c1-12-30(10)23-19-25-24(28(6,7)16-17-29(25,8)9)18-22(23)26-15-14-21(27(3,4)5)20-32(26)31(30,11)13-2/h14-15,18-20H,12-13,16-17H2,1-11H3/q+1. The van der Waals surface area contributed by atoms with Gasteiger partial charge in [-0.1, -0.05) is 68.4 Å². The van der Waals surface area contributed by atoms with Gasteiger partial charge in [-0.15, -0.1) is 0 Å². The van der Waals surface area contributed by atoms with Crippen molar-refractivity contribution >= 4 is 0 Å². The Morgan fingerprint density at radius 1 is 0.781 bits per heavy atom. The molecule has 0 radical (unpaired) electrons. The number of nitrogens with zero attached hydrogens (tertiary/aromatic N) is 1. The van der Waals surface area contributed by atoms with Gasteiger partial charge < -0.3 is 0 Å². The molecule has 1 aromatic carbocycles. The van der Waals surface area contributed by atoms with E-state index in [9.17, 15) is 0 Å². The minimum atomic E-state index is 0.0356. The van der Waals surface area contributed by atoms with Crippen LogP contribution in [0.2, 0.25) is 0 Å². The van der Waals surface area contributed by atoms with Crippen LogP contribution in [0.15, 0.2) is 30.5 Å². The molecular formula is C31H46N+. The van der Waals surface area contributed by atoms with Crippen molar-refractivity contribution in [1.29, 1.82) is 0 Å². The normalized spacial score (nSPS) is 28.0. The average molecular weight is 433 g/mol. The Kier molecular flexibility index (Phi) is 5.10. The smallest absolute Gasteiger partial charge is 0.192 e. The fourth-order valence-corrected chi connectivity index (χ4v) is 6.54. The Balaban J connectivity index is 2.13. The topological polar surface area (TPSA) is 3.88 Å². The molecule has 2 atom stereocenters. The third-order valence-corrected chi connectivity index (χ3v) is 9.79. The third kappa shape index (κ3) is 3.06. The number of fused-ring (bicyclic) bond motifs is 4. The molecule has 2 aromatic rings. The summed E-state index contributed by atoms with van der Waals surface area (Å²) < 4.78 is 2.66. The maximum absolute atomic E-state index is 2.66. The first-order chi connectivity index (χ1) is 14.6. The molecule has 2 aliphatic rings. The van der Waals surface area contributed by atoms with Gasteiger partial charge in [-0.25, -0.2) is 0 Å². The summed E-state index contributed by atoms with van der Waals surface area (Å²) in [7, 11) is 0. The summed E-state index contributed by atoms with van der Waals surface area (Å²) in [6, 6.07) is 10.0. The minimum Gasteiger partial charge on any atom is -0.192 e. The molecule has 0 bridgehead atoms. The van der Waals surface area contributed by atoms with E-state index < -0.39 is 0 Å². The van der Waals surface area contributed by atoms with Crippen LogP contribution in [0.4, 0.5) is 0 Å². The van der Waals surface area contributed by atoms with Gasteiger partial charge in [0.2, 0.25) is 5.69 Å². The summed E-state index contributed by atoms with van der Waals surface area (Å²) in [5.74, 6) is 0. The number of hydrogen-bond acceptors (Lipinski definition) is 0. The van der Waals surface area contributed by atoms with E-state index in [0.29, 0.717) is 0 Å². The Bertz CT molecular complexity index is 1060. The molecule has 1 nitrogen and oxygen atoms in total. The van der Waals surface area contributed by atoms with Crippen molar-refractivity contribution < 1.29 is 4.57 Å². The molecule has 1 aliphatic carbocycles. The van der Waals surface area contributed by atoms with Gasteiger partial charge in [0.1, 0.15) is 0 Å². The Labute approximate surface area is 197 Å². The van der Waals surface area contributed by atoms with E-state index >= 15 is 0 Å². The van der Waals surface area contributed by atoms with Crippen molar-refractivity contribution in [3.8, 4) is 11.3 Å². The second-order valence-corrected chi connectivity index (χ2v) is 13.4. The van der Waals surface area contributed by atoms with Gasteiger partial charge in [0.15, 0.2) is 11.7 Å². The Morgan fingerprint density at radius 2 is 1.34 bits per heavy atom. The molecule has 1 aliphatic heterocycles. The third-order valence-electron chi connectivity index (χ3n) is 9.79. The van der Waals surface area contributed by atoms with Crippen molar-refractivity contribution in [2.75, 3.05) is 0 Å². The van der Waals surface area contributed by atoms with Crippen molar-refractivity contribution in [2.45, 2.75) is 129 Å². The highest BCUT2D eigenvalue weighted by Crippen LogP contribution is 2.54. The first-order valence-corrected chi connectivity index (χ1v) is 12.9. The first kappa shape index (κ1) is 23.5. The Morgan fingerprint density at radius 3 is 1.84 bits per heavy atom. The fourth-order valence-electron chi connectivity index (χ4n) is 6.54. The van der Waals surface area contributed by atoms with Crippen LogP contribution in [0, 0.1) is 0 Å². The average Bonchev–Trinajstić information content (AvgIpc) is 2.73. The molecule has 1 heteroatoms. The van der Waals surface area contributed by atoms with Gasteiger partial charge in [0, 0.05) is 25.0 Å². The van der Waals surface area contributed by atoms with Crippen molar-refractivity contribution in [3.63, 3.8) is 0 Å². The molecule has 174 valence electrons. The molecule has 0 fully saturated rings. The lowest BCUT2D eigenvalue weighted by Crippen LogP contribution is -2.67. The van der Waals surface area contributed by atoms with Gasteiger partial charge in [-0.3, -0.25) is 0 Å². The van der Waals surface area contributed by atoms with Crippen LogP contribution >= 0.6 is 0 Å². The summed E-state index contributed by atoms with van der Waals surface area (Å²) in [5.41, 5.74) is 9.72. The van der Waals surface area contributed by atoms with Crippen LogP contribution < -0.4 is 4.57 Å². The van der Waals surface area contributed by atoms with Crippen LogP contribution in [-0.4, -0.2) is 0 Å². The lowest BCUT2D eigenvalue weighted by atomic mass is 9.57. The van der Waals surface area contributed by atoms with Gasteiger partial charge in [-0.2, -0.15) is 4.57 Å². The Hall–Kier alpha value is -1.63. The van der Waals surface area contributed by atoms with Crippen LogP contribution in [0.1, 0.15) is 124 Å². The molecule has 0 amide bonds. The van der Waals surface area contributed by atoms with Gasteiger partial charge in [-0.05, 0) is 71.3 Å². The fraction of sp³-hybridized carbons (Fsp3) is 0.645. The van der Waals surface area contributed by atoms with Gasteiger partial charge in [0.25, 0.3) is 0 Å². The molecule has 32 heavy (non-hydrogen) atoms. The predicted octanol–water partition coefficient (Wildman–Crippen LogP) is 8.09. The van der Waals surface area contributed by atoms with E-state index in [-0.39, 0.29) is 27.2 Å². The van der Waals surface area contributed by atoms with Crippen LogP contribution in [0.25, 0.3) is 11.3 Å². The molecule has 2 heterocycles. The summed E-state index contributed by atoms with van der Waals surface area (Å²) >= 11 is 0. The quantitative estimate of drug-likeness (QED) is 0.422. The molecule has 1 aromatic heterocycles. The molecule has 0 saturated carbocycles. The van der Waals surface area contributed by atoms with Crippen LogP contribution in [0.5, 0.6) is 0 Å². The largest absolute Gasteiger partial charge is 0.213 e. The van der Waals surface area contributed by atoms with Crippen LogP contribution in [-0.2, 0) is 27.2 Å². The molecule has 4 rings (SSSR count). The highest BCUT2D eigenvalue weighted by molar-refractivity contribution is 5.69. The molecule has 0 spiro atoms. The maximum Gasteiger partial charge on any atom is 0.213 e. The van der Waals surface area contributed by atoms with E-state index in [0.717, 1.165) is 12.8 Å². The molecule has 0 saturated heterocycles. The van der Waals surface area contributed by atoms with Crippen molar-refractivity contribution in [1.82, 2.24) is 0 Å². The highest BCUT2D eigenvalue weighted by Gasteiger charge is 2.57. The van der Waals surface area contributed by atoms with E-state index in [1.165, 1.54) is 29.7 Å². The second kappa shape index (κ2) is 6.94. The number of benzene rings is 1. The predicted molar refractivity (Wildman–Crippen MR) is 138 cm³/mol. The minimum absolute atomic E-state index is 0.0356. The molecular weight excluding hydrogens is 386 g/mol. The summed E-state index contributed by atoms with van der Waals surface area (Å²) in [6.07, 6.45) is 7.25. The van der Waals surface area contributed by atoms with Gasteiger partial charge >= 0.3 is 0 Å². The van der Waals surface area contributed by atoms with Crippen LogP contribution in [0.3, 0.4) is 0 Å². The highest BCUT2D eigenvalue weighted by atomic mass is 15.1. The molecule has 0 N–H and O–H groups in total. The van der Waals surface area contributed by atoms with Crippen molar-refractivity contribution in [3.05, 3.63) is 52.7 Å². The van der Waals surface area contributed by atoms with E-state index in [2.05, 4.69) is 111 Å². The zero-order valence-electron chi connectivity index (χ0n) is 22.7. The maximum atomic E-state index is 2.66. The summed E-state index contributed by atoms with van der Waals surface area (Å²) in [5, 5.41) is 0.